The zero-order valence-corrected chi connectivity index (χ0v) is 10.1. The number of hydrogen-bond acceptors (Lipinski definition) is 4. The average molecular weight is 273 g/mol. The number of aliphatic hydroxyl groups excluding tert-OH is 2. The van der Waals surface area contributed by atoms with Gasteiger partial charge in [0, 0.05) is 11.6 Å². The number of carbonyl (C=O) groups is 2. The maximum atomic E-state index is 13.5. The summed E-state index contributed by atoms with van der Waals surface area (Å²) in [6, 6.07) is 1.24. The molecule has 1 aromatic carbocycles. The molecule has 19 heavy (non-hydrogen) atoms. The molecular formula is C12H13F2NO4. The van der Waals surface area contributed by atoms with Crippen LogP contribution in [0.1, 0.15) is 35.4 Å². The van der Waals surface area contributed by atoms with Crippen LogP contribution in [-0.4, -0.2) is 28.0 Å². The number of carbonyl (C=O) groups excluding carboxylic acids is 2. The summed E-state index contributed by atoms with van der Waals surface area (Å²) in [6.45, 7) is 1.08. The van der Waals surface area contributed by atoms with Gasteiger partial charge in [-0.15, -0.1) is 0 Å². The Labute approximate surface area is 107 Å². The van der Waals surface area contributed by atoms with Gasteiger partial charge in [0.1, 0.15) is 17.7 Å². The van der Waals surface area contributed by atoms with Crippen molar-refractivity contribution in [1.82, 2.24) is 0 Å². The van der Waals surface area contributed by atoms with Crippen LogP contribution in [0.15, 0.2) is 12.1 Å². The smallest absolute Gasteiger partial charge is 0.220 e. The molecule has 0 fully saturated rings. The second-order valence-electron chi connectivity index (χ2n) is 4.09. The van der Waals surface area contributed by atoms with E-state index in [-0.39, 0.29) is 0 Å². The summed E-state index contributed by atoms with van der Waals surface area (Å²) >= 11 is 0. The number of benzene rings is 1. The van der Waals surface area contributed by atoms with E-state index in [0.717, 1.165) is 13.0 Å². The van der Waals surface area contributed by atoms with Gasteiger partial charge in [0.15, 0.2) is 5.78 Å². The van der Waals surface area contributed by atoms with E-state index < -0.39 is 53.1 Å². The van der Waals surface area contributed by atoms with E-state index in [1.165, 1.54) is 0 Å². The first-order valence-corrected chi connectivity index (χ1v) is 5.38. The molecular weight excluding hydrogens is 260 g/mol. The molecule has 4 N–H and O–H groups in total. The van der Waals surface area contributed by atoms with Gasteiger partial charge in [-0.3, -0.25) is 9.59 Å². The minimum atomic E-state index is -1.79. The second kappa shape index (κ2) is 5.85. The van der Waals surface area contributed by atoms with Crippen LogP contribution in [0.5, 0.6) is 0 Å². The fourth-order valence-electron chi connectivity index (χ4n) is 1.59. The van der Waals surface area contributed by atoms with Gasteiger partial charge in [0.05, 0.1) is 18.1 Å². The molecule has 1 aromatic rings. The molecule has 2 unspecified atom stereocenters. The van der Waals surface area contributed by atoms with E-state index in [1.807, 2.05) is 0 Å². The lowest BCUT2D eigenvalue weighted by molar-refractivity contribution is -0.121. The second-order valence-corrected chi connectivity index (χ2v) is 4.09. The molecule has 0 aliphatic heterocycles. The van der Waals surface area contributed by atoms with Crippen LogP contribution in [0.4, 0.5) is 8.78 Å². The van der Waals surface area contributed by atoms with Crippen molar-refractivity contribution in [2.45, 2.75) is 25.6 Å². The molecule has 7 heteroatoms. The number of amides is 1. The predicted molar refractivity (Wildman–Crippen MR) is 61.1 cm³/mol. The molecule has 104 valence electrons. The van der Waals surface area contributed by atoms with E-state index in [0.29, 0.717) is 6.07 Å². The maximum Gasteiger partial charge on any atom is 0.220 e. The topological polar surface area (TPSA) is 101 Å². The highest BCUT2D eigenvalue weighted by atomic mass is 19.1. The number of halogens is 2. The van der Waals surface area contributed by atoms with Crippen LogP contribution in [-0.2, 0) is 4.79 Å². The Morgan fingerprint density at radius 3 is 2.32 bits per heavy atom. The predicted octanol–water partition coefficient (Wildman–Crippen LogP) is 0.437. The molecule has 0 heterocycles. The minimum Gasteiger partial charge on any atom is -0.390 e. The van der Waals surface area contributed by atoms with E-state index in [2.05, 4.69) is 0 Å². The highest BCUT2D eigenvalue weighted by Gasteiger charge is 2.25. The monoisotopic (exact) mass is 273 g/mol. The normalized spacial score (nSPS) is 13.9. The van der Waals surface area contributed by atoms with Crippen molar-refractivity contribution >= 4 is 11.7 Å². The number of aliphatic hydroxyl groups is 2. The standard InChI is InChI=1S/C12H13F2NO4/c1-5(16)6-2-7(9(14)3-8(6)13)12(19)10(17)4-11(15)18/h2-3,10,12,17,19H,4H2,1H3,(H2,15,18). The molecule has 0 aliphatic carbocycles. The maximum absolute atomic E-state index is 13.5. The van der Waals surface area contributed by atoms with E-state index >= 15 is 0 Å². The summed E-state index contributed by atoms with van der Waals surface area (Å²) in [5, 5.41) is 19.2. The molecule has 0 spiro atoms. The third-order valence-electron chi connectivity index (χ3n) is 2.56. The van der Waals surface area contributed by atoms with Crippen molar-refractivity contribution in [3.63, 3.8) is 0 Å². The van der Waals surface area contributed by atoms with E-state index in [1.54, 1.807) is 0 Å². The molecule has 2 atom stereocenters. The van der Waals surface area contributed by atoms with Gasteiger partial charge in [0.2, 0.25) is 5.91 Å². The zero-order valence-electron chi connectivity index (χ0n) is 10.1. The summed E-state index contributed by atoms with van der Waals surface area (Å²) in [5.41, 5.74) is 3.94. The van der Waals surface area contributed by atoms with Gasteiger partial charge in [-0.2, -0.15) is 0 Å². The fourth-order valence-corrected chi connectivity index (χ4v) is 1.59. The third-order valence-corrected chi connectivity index (χ3v) is 2.56. The Morgan fingerprint density at radius 1 is 1.26 bits per heavy atom. The summed E-state index contributed by atoms with van der Waals surface area (Å²) in [6.07, 6.45) is -4.02. The van der Waals surface area contributed by atoms with E-state index in [9.17, 15) is 28.6 Å². The van der Waals surface area contributed by atoms with Crippen LogP contribution in [0.2, 0.25) is 0 Å². The van der Waals surface area contributed by atoms with Crippen molar-refractivity contribution in [1.29, 1.82) is 0 Å². The summed E-state index contributed by atoms with van der Waals surface area (Å²) < 4.78 is 26.8. The Kier molecular flexibility index (Phi) is 4.68. The zero-order chi connectivity index (χ0) is 14.7. The number of Topliss-reactive ketones (excluding diaryl/α,β-unsaturated/α-hetero) is 1. The van der Waals surface area contributed by atoms with Gasteiger partial charge in [0.25, 0.3) is 0 Å². The lowest BCUT2D eigenvalue weighted by atomic mass is 9.98. The van der Waals surface area contributed by atoms with Crippen LogP contribution in [0.3, 0.4) is 0 Å². The van der Waals surface area contributed by atoms with Crippen molar-refractivity contribution in [3.8, 4) is 0 Å². The molecule has 0 radical (unpaired) electrons. The number of primary amides is 1. The van der Waals surface area contributed by atoms with Crippen molar-refractivity contribution in [3.05, 3.63) is 34.9 Å². The molecule has 5 nitrogen and oxygen atoms in total. The molecule has 0 aromatic heterocycles. The molecule has 0 bridgehead atoms. The van der Waals surface area contributed by atoms with E-state index in [4.69, 9.17) is 5.73 Å². The number of rotatable bonds is 5. The average Bonchev–Trinajstić information content (AvgIpc) is 2.26. The number of ketones is 1. The molecule has 0 aliphatic rings. The summed E-state index contributed by atoms with van der Waals surface area (Å²) in [4.78, 5) is 21.7. The van der Waals surface area contributed by atoms with Crippen LogP contribution < -0.4 is 5.73 Å². The Bertz CT molecular complexity index is 519. The summed E-state index contributed by atoms with van der Waals surface area (Å²) in [5.74, 6) is -3.74. The lowest BCUT2D eigenvalue weighted by Gasteiger charge is -2.18. The van der Waals surface area contributed by atoms with Gasteiger partial charge in [-0.25, -0.2) is 8.78 Å². The van der Waals surface area contributed by atoms with Crippen molar-refractivity contribution in [2.24, 2.45) is 5.73 Å². The Hall–Kier alpha value is -1.86. The van der Waals surface area contributed by atoms with Gasteiger partial charge < -0.3 is 15.9 Å². The molecule has 0 saturated carbocycles. The van der Waals surface area contributed by atoms with Crippen molar-refractivity contribution in [2.75, 3.05) is 0 Å². The van der Waals surface area contributed by atoms with Crippen molar-refractivity contribution < 1.29 is 28.6 Å². The Balaban J connectivity index is 3.15. The third kappa shape index (κ3) is 3.55. The molecule has 1 amide bonds. The minimum absolute atomic E-state index is 0.415. The quantitative estimate of drug-likeness (QED) is 0.677. The number of nitrogens with two attached hydrogens (primary N) is 1. The van der Waals surface area contributed by atoms with Gasteiger partial charge in [-0.1, -0.05) is 0 Å². The Morgan fingerprint density at radius 2 is 1.84 bits per heavy atom. The first kappa shape index (κ1) is 15.2. The molecule has 1 rings (SSSR count). The largest absolute Gasteiger partial charge is 0.390 e. The highest BCUT2D eigenvalue weighted by Crippen LogP contribution is 2.25. The van der Waals surface area contributed by atoms with Gasteiger partial charge in [-0.05, 0) is 13.0 Å². The van der Waals surface area contributed by atoms with Gasteiger partial charge >= 0.3 is 0 Å². The first-order chi connectivity index (χ1) is 8.73. The fraction of sp³-hybridized carbons (Fsp3) is 0.333. The molecule has 0 saturated heterocycles. The first-order valence-electron chi connectivity index (χ1n) is 5.38. The van der Waals surface area contributed by atoms with Crippen LogP contribution in [0, 0.1) is 11.6 Å². The highest BCUT2D eigenvalue weighted by molar-refractivity contribution is 5.94. The lowest BCUT2D eigenvalue weighted by Crippen LogP contribution is -2.26. The summed E-state index contributed by atoms with van der Waals surface area (Å²) in [7, 11) is 0. The number of hydrogen-bond donors (Lipinski definition) is 3. The van der Waals surface area contributed by atoms with Crippen LogP contribution >= 0.6 is 0 Å². The SMILES string of the molecule is CC(=O)c1cc(C(O)C(O)CC(N)=O)c(F)cc1F. The van der Waals surface area contributed by atoms with Crippen LogP contribution in [0.25, 0.3) is 0 Å².